The maximum atomic E-state index is 11.4. The largest absolute Gasteiger partial charge is 0.480 e. The lowest BCUT2D eigenvalue weighted by Crippen LogP contribution is -2.40. The van der Waals surface area contributed by atoms with Crippen LogP contribution in [0.1, 0.15) is 20.8 Å². The van der Waals surface area contributed by atoms with Crippen molar-refractivity contribution in [2.24, 2.45) is 5.92 Å². The number of nitrogens with one attached hydrogen (secondary N) is 1. The molecular weight excluding hydrogens is 196 g/mol. The number of carbonyl (C=O) groups excluding carboxylic acids is 1. The highest BCUT2D eigenvalue weighted by Crippen LogP contribution is 1.90. The summed E-state index contributed by atoms with van der Waals surface area (Å²) in [6.45, 7) is 7.09. The lowest BCUT2D eigenvalue weighted by Gasteiger charge is -2.17. The minimum Gasteiger partial charge on any atom is -0.480 e. The molecule has 0 aromatic carbocycles. The number of rotatable bonds is 7. The van der Waals surface area contributed by atoms with E-state index in [2.05, 4.69) is 5.32 Å². The molecule has 0 fully saturated rings. The zero-order chi connectivity index (χ0) is 11.8. The van der Waals surface area contributed by atoms with Crippen LogP contribution in [0.3, 0.4) is 0 Å². The first kappa shape index (κ1) is 13.9. The molecule has 0 rings (SSSR count). The quantitative estimate of drug-likeness (QED) is 0.636. The van der Waals surface area contributed by atoms with Gasteiger partial charge < -0.3 is 10.4 Å². The van der Waals surface area contributed by atoms with Crippen molar-refractivity contribution in [3.63, 3.8) is 0 Å². The Bertz CT molecular complexity index is 217. The second kappa shape index (κ2) is 7.23. The van der Waals surface area contributed by atoms with Crippen LogP contribution in [0, 0.1) is 5.92 Å². The number of hydrogen-bond acceptors (Lipinski definition) is 3. The first-order valence-electron chi connectivity index (χ1n) is 5.16. The zero-order valence-electron chi connectivity index (χ0n) is 9.62. The Morgan fingerprint density at radius 3 is 2.33 bits per heavy atom. The van der Waals surface area contributed by atoms with Crippen molar-refractivity contribution in [3.05, 3.63) is 0 Å². The van der Waals surface area contributed by atoms with Crippen molar-refractivity contribution in [1.29, 1.82) is 0 Å². The molecule has 0 aliphatic carbocycles. The molecule has 1 amide bonds. The van der Waals surface area contributed by atoms with Gasteiger partial charge in [-0.2, -0.15) is 0 Å². The van der Waals surface area contributed by atoms with Gasteiger partial charge in [-0.3, -0.25) is 14.5 Å². The van der Waals surface area contributed by atoms with Crippen LogP contribution < -0.4 is 5.32 Å². The summed E-state index contributed by atoms with van der Waals surface area (Å²) in [5, 5.41) is 11.3. The molecular formula is C10H20N2O3. The van der Waals surface area contributed by atoms with Crippen LogP contribution in [0.4, 0.5) is 0 Å². The molecule has 88 valence electrons. The van der Waals surface area contributed by atoms with E-state index in [1.54, 1.807) is 4.90 Å². The molecule has 15 heavy (non-hydrogen) atoms. The Morgan fingerprint density at radius 2 is 1.93 bits per heavy atom. The van der Waals surface area contributed by atoms with Crippen LogP contribution in [-0.2, 0) is 9.59 Å². The Hall–Kier alpha value is -1.10. The number of hydrogen-bond donors (Lipinski definition) is 2. The van der Waals surface area contributed by atoms with Crippen LogP contribution >= 0.6 is 0 Å². The summed E-state index contributed by atoms with van der Waals surface area (Å²) in [5.74, 6) is -0.621. The molecule has 0 radical (unpaired) electrons. The average molecular weight is 216 g/mol. The summed E-state index contributed by atoms with van der Waals surface area (Å²) < 4.78 is 0. The number of likely N-dealkylation sites (N-methyl/N-ethyl adjacent to an activating group) is 1. The van der Waals surface area contributed by atoms with Gasteiger partial charge in [0.1, 0.15) is 0 Å². The van der Waals surface area contributed by atoms with Gasteiger partial charge in [-0.15, -0.1) is 0 Å². The van der Waals surface area contributed by atoms with E-state index >= 15 is 0 Å². The smallest absolute Gasteiger partial charge is 0.317 e. The third-order valence-corrected chi connectivity index (χ3v) is 1.88. The average Bonchev–Trinajstić information content (AvgIpc) is 2.13. The second-order valence-corrected chi connectivity index (χ2v) is 3.89. The Kier molecular flexibility index (Phi) is 6.70. The fraction of sp³-hybridized carbons (Fsp3) is 0.800. The molecule has 5 nitrogen and oxygen atoms in total. The lowest BCUT2D eigenvalue weighted by atomic mass is 10.2. The Morgan fingerprint density at radius 1 is 1.33 bits per heavy atom. The maximum Gasteiger partial charge on any atom is 0.317 e. The normalized spacial score (nSPS) is 10.7. The van der Waals surface area contributed by atoms with E-state index in [1.807, 2.05) is 20.8 Å². The molecule has 0 unspecified atom stereocenters. The number of nitrogens with zero attached hydrogens (tertiary/aromatic N) is 1. The summed E-state index contributed by atoms with van der Waals surface area (Å²) in [7, 11) is 0. The molecule has 5 heteroatoms. The van der Waals surface area contributed by atoms with Gasteiger partial charge in [0, 0.05) is 6.54 Å². The Labute approximate surface area is 90.5 Å². The molecule has 0 aromatic heterocycles. The molecule has 0 saturated heterocycles. The summed E-state index contributed by atoms with van der Waals surface area (Å²) >= 11 is 0. The highest BCUT2D eigenvalue weighted by Gasteiger charge is 2.11. The molecule has 0 aliphatic heterocycles. The van der Waals surface area contributed by atoms with E-state index in [-0.39, 0.29) is 19.0 Å². The summed E-state index contributed by atoms with van der Waals surface area (Å²) in [6.07, 6.45) is 0. The third kappa shape index (κ3) is 7.93. The number of carboxylic acid groups (broad SMARTS) is 1. The molecule has 0 aromatic rings. The van der Waals surface area contributed by atoms with Crippen molar-refractivity contribution in [2.45, 2.75) is 20.8 Å². The molecule has 2 N–H and O–H groups in total. The van der Waals surface area contributed by atoms with Crippen molar-refractivity contribution in [2.75, 3.05) is 26.2 Å². The zero-order valence-corrected chi connectivity index (χ0v) is 9.62. The van der Waals surface area contributed by atoms with E-state index < -0.39 is 5.97 Å². The van der Waals surface area contributed by atoms with Crippen LogP contribution in [-0.4, -0.2) is 48.1 Å². The Balaban J connectivity index is 3.85. The minimum atomic E-state index is -0.909. The SMILES string of the molecule is CCN(CC(=O)O)CC(=O)NCC(C)C. The van der Waals surface area contributed by atoms with Gasteiger partial charge in [-0.05, 0) is 12.5 Å². The van der Waals surface area contributed by atoms with Crippen LogP contribution in [0.25, 0.3) is 0 Å². The topological polar surface area (TPSA) is 69.6 Å². The fourth-order valence-corrected chi connectivity index (χ4v) is 1.05. The summed E-state index contributed by atoms with van der Waals surface area (Å²) in [4.78, 5) is 23.4. The number of amides is 1. The van der Waals surface area contributed by atoms with Gasteiger partial charge in [-0.1, -0.05) is 20.8 Å². The van der Waals surface area contributed by atoms with Crippen LogP contribution in [0.5, 0.6) is 0 Å². The number of carbonyl (C=O) groups is 2. The minimum absolute atomic E-state index is 0.0917. The van der Waals surface area contributed by atoms with Crippen molar-refractivity contribution < 1.29 is 14.7 Å². The standard InChI is InChI=1S/C10H20N2O3/c1-4-12(7-10(14)15)6-9(13)11-5-8(2)3/h8H,4-7H2,1-3H3,(H,11,13)(H,14,15). The monoisotopic (exact) mass is 216 g/mol. The predicted molar refractivity (Wildman–Crippen MR) is 57.6 cm³/mol. The summed E-state index contributed by atoms with van der Waals surface area (Å²) in [5.41, 5.74) is 0. The number of aliphatic carboxylic acids is 1. The van der Waals surface area contributed by atoms with Gasteiger partial charge in [0.25, 0.3) is 0 Å². The van der Waals surface area contributed by atoms with Crippen LogP contribution in [0.2, 0.25) is 0 Å². The van der Waals surface area contributed by atoms with E-state index in [9.17, 15) is 9.59 Å². The first-order valence-corrected chi connectivity index (χ1v) is 5.16. The van der Waals surface area contributed by atoms with Crippen molar-refractivity contribution in [3.8, 4) is 0 Å². The molecule has 0 spiro atoms. The van der Waals surface area contributed by atoms with E-state index in [0.717, 1.165) is 0 Å². The summed E-state index contributed by atoms with van der Waals surface area (Å²) in [6, 6.07) is 0. The van der Waals surface area contributed by atoms with Gasteiger partial charge in [-0.25, -0.2) is 0 Å². The van der Waals surface area contributed by atoms with Gasteiger partial charge in [0.2, 0.25) is 5.91 Å². The first-order chi connectivity index (χ1) is 6.95. The molecule has 0 bridgehead atoms. The van der Waals surface area contributed by atoms with E-state index in [1.165, 1.54) is 0 Å². The molecule has 0 aliphatic rings. The predicted octanol–water partition coefficient (Wildman–Crippen LogP) is 0.165. The fourth-order valence-electron chi connectivity index (χ4n) is 1.05. The highest BCUT2D eigenvalue weighted by molar-refractivity contribution is 5.79. The highest BCUT2D eigenvalue weighted by atomic mass is 16.4. The molecule has 0 heterocycles. The van der Waals surface area contributed by atoms with Crippen molar-refractivity contribution in [1.82, 2.24) is 10.2 Å². The molecule has 0 atom stereocenters. The van der Waals surface area contributed by atoms with Gasteiger partial charge >= 0.3 is 5.97 Å². The third-order valence-electron chi connectivity index (χ3n) is 1.88. The van der Waals surface area contributed by atoms with Crippen LogP contribution in [0.15, 0.2) is 0 Å². The van der Waals surface area contributed by atoms with Gasteiger partial charge in [0.05, 0.1) is 13.1 Å². The lowest BCUT2D eigenvalue weighted by molar-refractivity contribution is -0.138. The van der Waals surface area contributed by atoms with E-state index in [4.69, 9.17) is 5.11 Å². The second-order valence-electron chi connectivity index (χ2n) is 3.89. The van der Waals surface area contributed by atoms with Crippen molar-refractivity contribution >= 4 is 11.9 Å². The van der Waals surface area contributed by atoms with E-state index in [0.29, 0.717) is 19.0 Å². The van der Waals surface area contributed by atoms with Gasteiger partial charge in [0.15, 0.2) is 0 Å². The maximum absolute atomic E-state index is 11.4. The molecule has 0 saturated carbocycles. The number of carboxylic acids is 1.